The van der Waals surface area contributed by atoms with E-state index in [4.69, 9.17) is 5.11 Å². The van der Waals surface area contributed by atoms with E-state index in [-0.39, 0.29) is 12.5 Å². The molecule has 0 atom stereocenters. The highest BCUT2D eigenvalue weighted by atomic mass is 32.1. The van der Waals surface area contributed by atoms with Crippen molar-refractivity contribution in [3.63, 3.8) is 0 Å². The average molecular weight is 273 g/mol. The van der Waals surface area contributed by atoms with E-state index in [9.17, 15) is 4.79 Å². The first-order valence-electron chi connectivity index (χ1n) is 5.50. The number of aromatic nitrogens is 2. The van der Waals surface area contributed by atoms with Gasteiger partial charge in [0.25, 0.3) is 5.91 Å². The predicted octanol–water partition coefficient (Wildman–Crippen LogP) is 1.44. The van der Waals surface area contributed by atoms with Crippen molar-refractivity contribution in [1.82, 2.24) is 9.59 Å². The maximum atomic E-state index is 12.2. The van der Waals surface area contributed by atoms with Crippen LogP contribution in [0.15, 0.2) is 24.4 Å². The van der Waals surface area contributed by atoms with Crippen LogP contribution in [0.25, 0.3) is 0 Å². The van der Waals surface area contributed by atoms with Crippen LogP contribution in [0.5, 0.6) is 0 Å². The molecule has 2 rings (SSSR count). The second-order valence-corrected chi connectivity index (χ2v) is 4.53. The molecule has 0 spiro atoms. The summed E-state index contributed by atoms with van der Waals surface area (Å²) in [6.45, 7) is 1.65. The minimum Gasteiger partial charge on any atom is -0.384 e. The van der Waals surface area contributed by atoms with Crippen LogP contribution in [0, 0.1) is 18.8 Å². The molecule has 0 aliphatic heterocycles. The Balaban J connectivity index is 2.31. The van der Waals surface area contributed by atoms with Gasteiger partial charge < -0.3 is 10.4 Å². The Morgan fingerprint density at radius 2 is 2.37 bits per heavy atom. The van der Waals surface area contributed by atoms with Gasteiger partial charge in [0.15, 0.2) is 0 Å². The molecule has 0 fully saturated rings. The number of carbonyl (C=O) groups excluding carboxylic acids is 1. The van der Waals surface area contributed by atoms with Gasteiger partial charge >= 0.3 is 0 Å². The van der Waals surface area contributed by atoms with Gasteiger partial charge in [-0.25, -0.2) is 0 Å². The number of hydrogen-bond acceptors (Lipinski definition) is 5. The van der Waals surface area contributed by atoms with Crippen molar-refractivity contribution in [2.24, 2.45) is 0 Å². The third kappa shape index (κ3) is 3.37. The van der Waals surface area contributed by atoms with Crippen molar-refractivity contribution in [2.45, 2.75) is 6.92 Å². The van der Waals surface area contributed by atoms with Crippen molar-refractivity contribution >= 4 is 22.4 Å². The maximum absolute atomic E-state index is 12.2. The molecule has 0 unspecified atom stereocenters. The topological polar surface area (TPSA) is 75.1 Å². The minimum atomic E-state index is -0.267. The van der Waals surface area contributed by atoms with Crippen LogP contribution in [-0.4, -0.2) is 27.2 Å². The number of aliphatic hydroxyl groups excluding tert-OH is 1. The monoisotopic (exact) mass is 273 g/mol. The van der Waals surface area contributed by atoms with Gasteiger partial charge in [0, 0.05) is 17.1 Å². The van der Waals surface area contributed by atoms with Crippen LogP contribution < -0.4 is 5.32 Å². The molecular weight excluding hydrogens is 262 g/mol. The Morgan fingerprint density at radius 1 is 1.53 bits per heavy atom. The van der Waals surface area contributed by atoms with E-state index in [1.165, 1.54) is 6.20 Å². The zero-order chi connectivity index (χ0) is 13.7. The number of aryl methyl sites for hydroxylation is 1. The Kier molecular flexibility index (Phi) is 4.23. The lowest BCUT2D eigenvalue weighted by molar-refractivity contribution is 0.102. The highest BCUT2D eigenvalue weighted by Gasteiger charge is 2.11. The van der Waals surface area contributed by atoms with Gasteiger partial charge in [-0.05, 0) is 19.1 Å². The van der Waals surface area contributed by atoms with Crippen LogP contribution >= 0.6 is 11.5 Å². The summed E-state index contributed by atoms with van der Waals surface area (Å²) in [6.07, 6.45) is 1.48. The van der Waals surface area contributed by atoms with Gasteiger partial charge in [0.1, 0.15) is 11.6 Å². The number of benzene rings is 1. The lowest BCUT2D eigenvalue weighted by Gasteiger charge is -2.05. The zero-order valence-corrected chi connectivity index (χ0v) is 11.0. The summed E-state index contributed by atoms with van der Waals surface area (Å²) in [5.41, 5.74) is 2.01. The van der Waals surface area contributed by atoms with Gasteiger partial charge in [-0.15, -0.1) is 5.10 Å². The molecule has 0 saturated carbocycles. The highest BCUT2D eigenvalue weighted by Crippen LogP contribution is 2.15. The van der Waals surface area contributed by atoms with Crippen molar-refractivity contribution in [3.8, 4) is 11.8 Å². The summed E-state index contributed by atoms with van der Waals surface area (Å²) in [4.78, 5) is 12.2. The molecule has 1 aromatic heterocycles. The zero-order valence-electron chi connectivity index (χ0n) is 10.2. The molecule has 6 heteroatoms. The minimum absolute atomic E-state index is 0.242. The summed E-state index contributed by atoms with van der Waals surface area (Å²) < 4.78 is 3.67. The van der Waals surface area contributed by atoms with Gasteiger partial charge in [-0.1, -0.05) is 28.0 Å². The second-order valence-electron chi connectivity index (χ2n) is 3.74. The molecule has 0 bridgehead atoms. The molecule has 1 aromatic carbocycles. The maximum Gasteiger partial charge on any atom is 0.257 e. The molecule has 2 aromatic rings. The summed E-state index contributed by atoms with van der Waals surface area (Å²) in [5.74, 6) is 5.04. The van der Waals surface area contributed by atoms with Crippen LogP contribution in [0.1, 0.15) is 21.5 Å². The van der Waals surface area contributed by atoms with Crippen LogP contribution in [0.2, 0.25) is 0 Å². The van der Waals surface area contributed by atoms with E-state index in [0.29, 0.717) is 16.1 Å². The standard InChI is InChI=1S/C13H11N3O2S/c1-9-4-5-10(3-2-6-17)11(7-9)13(18)15-12-8-14-16-19-12/h4-5,7-8,17H,6H2,1H3,(H,15,18). The van der Waals surface area contributed by atoms with E-state index in [2.05, 4.69) is 26.7 Å². The van der Waals surface area contributed by atoms with E-state index in [0.717, 1.165) is 17.1 Å². The number of hydrogen-bond donors (Lipinski definition) is 2. The van der Waals surface area contributed by atoms with E-state index in [1.54, 1.807) is 12.1 Å². The van der Waals surface area contributed by atoms with Crippen molar-refractivity contribution in [3.05, 3.63) is 41.1 Å². The first-order chi connectivity index (χ1) is 9.20. The van der Waals surface area contributed by atoms with Gasteiger partial charge in [-0.3, -0.25) is 4.79 Å². The first-order valence-corrected chi connectivity index (χ1v) is 6.27. The molecule has 96 valence electrons. The summed E-state index contributed by atoms with van der Waals surface area (Å²) >= 11 is 1.10. The third-order valence-electron chi connectivity index (χ3n) is 2.32. The molecule has 1 amide bonds. The fourth-order valence-corrected chi connectivity index (χ4v) is 1.91. The van der Waals surface area contributed by atoms with E-state index < -0.39 is 0 Å². The third-order valence-corrected chi connectivity index (χ3v) is 2.90. The first kappa shape index (κ1) is 13.2. The van der Waals surface area contributed by atoms with Crippen molar-refractivity contribution < 1.29 is 9.90 Å². The lowest BCUT2D eigenvalue weighted by Crippen LogP contribution is -2.13. The summed E-state index contributed by atoms with van der Waals surface area (Å²) in [7, 11) is 0. The SMILES string of the molecule is Cc1ccc(C#CCO)c(C(=O)Nc2cnns2)c1. The number of carbonyl (C=O) groups is 1. The highest BCUT2D eigenvalue weighted by molar-refractivity contribution is 7.10. The molecule has 0 aliphatic carbocycles. The van der Waals surface area contributed by atoms with Crippen molar-refractivity contribution in [2.75, 3.05) is 11.9 Å². The summed E-state index contributed by atoms with van der Waals surface area (Å²) in [5, 5.41) is 15.7. The number of amides is 1. The number of aliphatic hydroxyl groups is 1. The quantitative estimate of drug-likeness (QED) is 0.812. The molecule has 19 heavy (non-hydrogen) atoms. The molecule has 0 radical (unpaired) electrons. The van der Waals surface area contributed by atoms with Crippen LogP contribution in [0.4, 0.5) is 5.00 Å². The van der Waals surface area contributed by atoms with E-state index in [1.807, 2.05) is 13.0 Å². The van der Waals surface area contributed by atoms with Crippen molar-refractivity contribution in [1.29, 1.82) is 0 Å². The second kappa shape index (κ2) is 6.09. The smallest absolute Gasteiger partial charge is 0.257 e. The number of rotatable bonds is 2. The van der Waals surface area contributed by atoms with E-state index >= 15 is 0 Å². The Hall–Kier alpha value is -2.23. The normalized spacial score (nSPS) is 9.58. The summed E-state index contributed by atoms with van der Waals surface area (Å²) in [6, 6.07) is 5.38. The Bertz CT molecular complexity index is 642. The fraction of sp³-hybridized carbons (Fsp3) is 0.154. The molecular formula is C13H11N3O2S. The fourth-order valence-electron chi connectivity index (χ4n) is 1.49. The number of anilines is 1. The predicted molar refractivity (Wildman–Crippen MR) is 73.0 cm³/mol. The molecule has 2 N–H and O–H groups in total. The Morgan fingerprint density at radius 3 is 3.05 bits per heavy atom. The van der Waals surface area contributed by atoms with Gasteiger partial charge in [0.05, 0.1) is 11.8 Å². The van der Waals surface area contributed by atoms with Crippen LogP contribution in [0.3, 0.4) is 0 Å². The largest absolute Gasteiger partial charge is 0.384 e. The van der Waals surface area contributed by atoms with Gasteiger partial charge in [-0.2, -0.15) is 0 Å². The lowest BCUT2D eigenvalue weighted by atomic mass is 10.0. The van der Waals surface area contributed by atoms with Gasteiger partial charge in [0.2, 0.25) is 0 Å². The van der Waals surface area contributed by atoms with Crippen LogP contribution in [-0.2, 0) is 0 Å². The molecule has 1 heterocycles. The molecule has 0 saturated heterocycles. The molecule has 5 nitrogen and oxygen atoms in total. The number of nitrogens with zero attached hydrogens (tertiary/aromatic N) is 2. The molecule has 0 aliphatic rings. The number of nitrogens with one attached hydrogen (secondary N) is 1. The Labute approximate surface area is 114 Å². The average Bonchev–Trinajstić information content (AvgIpc) is 2.90.